The number of anilines is 6. The van der Waals surface area contributed by atoms with Crippen LogP contribution >= 0.6 is 0 Å². The highest BCUT2D eigenvalue weighted by atomic mass is 15.2. The van der Waals surface area contributed by atoms with E-state index in [1.54, 1.807) is 0 Å². The van der Waals surface area contributed by atoms with Gasteiger partial charge < -0.3 is 9.80 Å². The van der Waals surface area contributed by atoms with Gasteiger partial charge in [0.05, 0.1) is 22.5 Å². The van der Waals surface area contributed by atoms with Crippen LogP contribution in [0.15, 0.2) is 231 Å². The fourth-order valence-electron chi connectivity index (χ4n) is 9.47. The molecule has 0 saturated heterocycles. The van der Waals surface area contributed by atoms with E-state index in [0.717, 1.165) is 22.7 Å². The van der Waals surface area contributed by atoms with Crippen molar-refractivity contribution in [2.45, 2.75) is 5.41 Å². The van der Waals surface area contributed by atoms with Crippen molar-refractivity contribution in [1.82, 2.24) is 0 Å². The molecule has 2 aliphatic rings. The molecule has 0 amide bonds. The Morgan fingerprint density at radius 1 is 0.316 bits per heavy atom. The van der Waals surface area contributed by atoms with Crippen molar-refractivity contribution in [2.24, 2.45) is 0 Å². The highest BCUT2D eigenvalue weighted by Crippen LogP contribution is 2.65. The van der Waals surface area contributed by atoms with E-state index in [1.807, 2.05) is 0 Å². The second-order valence-electron chi connectivity index (χ2n) is 14.9. The van der Waals surface area contributed by atoms with Gasteiger partial charge in [0.25, 0.3) is 0 Å². The minimum atomic E-state index is -0.529. The van der Waals surface area contributed by atoms with Crippen molar-refractivity contribution in [1.29, 1.82) is 0 Å². The molecule has 2 nitrogen and oxygen atoms in total. The van der Waals surface area contributed by atoms with Gasteiger partial charge in [0.1, 0.15) is 0 Å². The normalized spacial score (nSPS) is 13.0. The minimum absolute atomic E-state index is 0.529. The number of fused-ring (bicyclic) bond motifs is 9. The standard InChI is InChI=1S/C55H38N2/c1-4-17-39(18-5-1)40-31-33-41(34-32-40)42-35-37-45(38-36-42)56(43-19-6-2-7-20-43)53-30-16-27-50-54(53)46-23-10-11-24-47(46)55(50)48-25-12-14-28-51(48)57(44-21-8-3-9-22-44)52-29-15-13-26-49(52)55/h1-38H. The van der Waals surface area contributed by atoms with Crippen molar-refractivity contribution in [2.75, 3.05) is 9.80 Å². The summed E-state index contributed by atoms with van der Waals surface area (Å²) in [6, 6.07) is 84.1. The van der Waals surface area contributed by atoms with Crippen LogP contribution in [0.2, 0.25) is 0 Å². The first-order valence-electron chi connectivity index (χ1n) is 19.7. The number of benzene rings is 9. The monoisotopic (exact) mass is 726 g/mol. The van der Waals surface area contributed by atoms with Crippen molar-refractivity contribution < 1.29 is 0 Å². The van der Waals surface area contributed by atoms with Gasteiger partial charge in [0.2, 0.25) is 0 Å². The summed E-state index contributed by atoms with van der Waals surface area (Å²) in [5.41, 5.74) is 18.9. The van der Waals surface area contributed by atoms with Crippen LogP contribution in [0.4, 0.5) is 34.1 Å². The SMILES string of the molecule is c1ccc(-c2ccc(-c3ccc(N(c4ccccc4)c4cccc5c4-c4ccccc4C54c5ccccc5N(c5ccccc5)c5ccccc54)cc3)cc2)cc1. The van der Waals surface area contributed by atoms with E-state index >= 15 is 0 Å². The van der Waals surface area contributed by atoms with Crippen LogP contribution in [0.3, 0.4) is 0 Å². The zero-order valence-electron chi connectivity index (χ0n) is 31.3. The highest BCUT2D eigenvalue weighted by Gasteiger charge is 2.52. The summed E-state index contributed by atoms with van der Waals surface area (Å²) >= 11 is 0. The maximum atomic E-state index is 2.44. The topological polar surface area (TPSA) is 6.48 Å². The molecule has 57 heavy (non-hydrogen) atoms. The predicted octanol–water partition coefficient (Wildman–Crippen LogP) is 14.6. The molecule has 11 rings (SSSR count). The Bertz CT molecular complexity index is 2830. The van der Waals surface area contributed by atoms with Gasteiger partial charge in [-0.05, 0) is 105 Å². The number of hydrogen-bond donors (Lipinski definition) is 0. The van der Waals surface area contributed by atoms with E-state index in [1.165, 1.54) is 67.0 Å². The first-order valence-corrected chi connectivity index (χ1v) is 19.7. The third kappa shape index (κ3) is 5.11. The Morgan fingerprint density at radius 3 is 1.37 bits per heavy atom. The summed E-state index contributed by atoms with van der Waals surface area (Å²) in [5, 5.41) is 0. The van der Waals surface area contributed by atoms with Crippen molar-refractivity contribution in [3.63, 3.8) is 0 Å². The molecule has 0 N–H and O–H groups in total. The van der Waals surface area contributed by atoms with Gasteiger partial charge in [-0.3, -0.25) is 0 Å². The summed E-state index contributed by atoms with van der Waals surface area (Å²) in [6.07, 6.45) is 0. The average molecular weight is 727 g/mol. The van der Waals surface area contributed by atoms with E-state index in [2.05, 4.69) is 240 Å². The van der Waals surface area contributed by atoms with Gasteiger partial charge in [0.15, 0.2) is 0 Å². The van der Waals surface area contributed by atoms with E-state index < -0.39 is 5.41 Å². The van der Waals surface area contributed by atoms with Crippen LogP contribution in [0.25, 0.3) is 33.4 Å². The molecule has 0 unspecified atom stereocenters. The van der Waals surface area contributed by atoms with E-state index in [9.17, 15) is 0 Å². The Hall–Kier alpha value is -7.42. The van der Waals surface area contributed by atoms with Crippen LogP contribution in [-0.4, -0.2) is 0 Å². The largest absolute Gasteiger partial charge is 0.310 e. The Kier molecular flexibility index (Phi) is 7.75. The lowest BCUT2D eigenvalue weighted by molar-refractivity contribution is 0.752. The van der Waals surface area contributed by atoms with Crippen LogP contribution in [0.1, 0.15) is 22.3 Å². The highest BCUT2D eigenvalue weighted by molar-refractivity contribution is 6.01. The van der Waals surface area contributed by atoms with Crippen LogP contribution in [-0.2, 0) is 5.41 Å². The van der Waals surface area contributed by atoms with Gasteiger partial charge in [-0.15, -0.1) is 0 Å². The lowest BCUT2D eigenvalue weighted by atomic mass is 9.64. The lowest BCUT2D eigenvalue weighted by Crippen LogP contribution is -2.36. The van der Waals surface area contributed by atoms with Crippen LogP contribution in [0.5, 0.6) is 0 Å². The fraction of sp³-hybridized carbons (Fsp3) is 0.0182. The molecule has 0 saturated carbocycles. The summed E-state index contributed by atoms with van der Waals surface area (Å²) in [5.74, 6) is 0. The number of nitrogens with zero attached hydrogens (tertiary/aromatic N) is 2. The summed E-state index contributed by atoms with van der Waals surface area (Å²) in [7, 11) is 0. The zero-order chi connectivity index (χ0) is 37.8. The molecule has 1 aliphatic heterocycles. The van der Waals surface area contributed by atoms with Gasteiger partial charge in [-0.25, -0.2) is 0 Å². The smallest absolute Gasteiger partial charge is 0.0755 e. The number of rotatable bonds is 6. The molecule has 9 aromatic carbocycles. The molecule has 2 heteroatoms. The van der Waals surface area contributed by atoms with Gasteiger partial charge in [-0.1, -0.05) is 176 Å². The molecule has 1 spiro atoms. The second-order valence-corrected chi connectivity index (χ2v) is 14.9. The molecule has 0 bridgehead atoms. The van der Waals surface area contributed by atoms with E-state index in [-0.39, 0.29) is 0 Å². The summed E-state index contributed by atoms with van der Waals surface area (Å²) in [6.45, 7) is 0. The zero-order valence-corrected chi connectivity index (χ0v) is 31.3. The Morgan fingerprint density at radius 2 is 0.754 bits per heavy atom. The maximum Gasteiger partial charge on any atom is 0.0755 e. The molecule has 0 aromatic heterocycles. The van der Waals surface area contributed by atoms with Crippen molar-refractivity contribution in [3.8, 4) is 33.4 Å². The molecule has 0 radical (unpaired) electrons. The quantitative estimate of drug-likeness (QED) is 0.168. The molecule has 9 aromatic rings. The van der Waals surface area contributed by atoms with E-state index in [0.29, 0.717) is 0 Å². The van der Waals surface area contributed by atoms with Crippen LogP contribution in [0, 0.1) is 0 Å². The third-order valence-corrected chi connectivity index (χ3v) is 11.9. The molecule has 0 fully saturated rings. The molecular formula is C55H38N2. The maximum absolute atomic E-state index is 2.44. The molecule has 0 atom stereocenters. The minimum Gasteiger partial charge on any atom is -0.310 e. The summed E-state index contributed by atoms with van der Waals surface area (Å²) in [4.78, 5) is 4.88. The first kappa shape index (κ1) is 33.0. The molecule has 1 aliphatic carbocycles. The van der Waals surface area contributed by atoms with Gasteiger partial charge >= 0.3 is 0 Å². The van der Waals surface area contributed by atoms with Gasteiger partial charge in [-0.2, -0.15) is 0 Å². The van der Waals surface area contributed by atoms with Crippen molar-refractivity contribution in [3.05, 3.63) is 253 Å². The number of hydrogen-bond acceptors (Lipinski definition) is 2. The Labute approximate surface area is 334 Å². The second kappa shape index (κ2) is 13.4. The number of para-hydroxylation sites is 4. The fourth-order valence-corrected chi connectivity index (χ4v) is 9.47. The molecular weight excluding hydrogens is 689 g/mol. The van der Waals surface area contributed by atoms with Crippen molar-refractivity contribution >= 4 is 34.1 Å². The van der Waals surface area contributed by atoms with Gasteiger partial charge in [0, 0.05) is 22.6 Å². The predicted molar refractivity (Wildman–Crippen MR) is 238 cm³/mol. The van der Waals surface area contributed by atoms with Crippen LogP contribution < -0.4 is 9.80 Å². The summed E-state index contributed by atoms with van der Waals surface area (Å²) < 4.78 is 0. The van der Waals surface area contributed by atoms with E-state index in [4.69, 9.17) is 0 Å². The first-order chi connectivity index (χ1) is 28.3. The third-order valence-electron chi connectivity index (χ3n) is 11.9. The average Bonchev–Trinajstić information content (AvgIpc) is 3.59. The molecule has 1 heterocycles. The lowest BCUT2D eigenvalue weighted by Gasteiger charge is -2.45. The molecule has 268 valence electrons. The Balaban J connectivity index is 1.10.